The molecule has 0 radical (unpaired) electrons. The van der Waals surface area contributed by atoms with Crippen molar-refractivity contribution in [2.75, 3.05) is 26.2 Å². The third-order valence-electron chi connectivity index (χ3n) is 4.65. The van der Waals surface area contributed by atoms with Crippen molar-refractivity contribution < 1.29 is 4.79 Å². The van der Waals surface area contributed by atoms with Gasteiger partial charge in [0.2, 0.25) is 5.91 Å². The monoisotopic (exact) mass is 338 g/mol. The minimum atomic E-state index is -0.324. The smallest absolute Gasteiger partial charge is 0.228 e. The third kappa shape index (κ3) is 5.82. The van der Waals surface area contributed by atoms with E-state index >= 15 is 0 Å². The second-order valence-corrected chi connectivity index (χ2v) is 7.09. The van der Waals surface area contributed by atoms with Crippen LogP contribution >= 0.6 is 12.4 Å². The Balaban J connectivity index is 0.00000264. The lowest BCUT2D eigenvalue weighted by Gasteiger charge is -2.37. The van der Waals surface area contributed by atoms with E-state index in [1.807, 2.05) is 18.2 Å². The Bertz CT molecular complexity index is 468. The Morgan fingerprint density at radius 1 is 1.22 bits per heavy atom. The van der Waals surface area contributed by atoms with Gasteiger partial charge in [-0.05, 0) is 43.8 Å². The summed E-state index contributed by atoms with van der Waals surface area (Å²) in [5.74, 6) is 1.03. The van der Waals surface area contributed by atoms with E-state index in [4.69, 9.17) is 0 Å². The first-order valence-electron chi connectivity index (χ1n) is 8.57. The van der Waals surface area contributed by atoms with Crippen LogP contribution in [0.2, 0.25) is 0 Å². The molecule has 0 aliphatic carbocycles. The van der Waals surface area contributed by atoms with Crippen LogP contribution in [-0.2, 0) is 11.2 Å². The molecule has 0 atom stereocenters. The van der Waals surface area contributed by atoms with Crippen LogP contribution in [0, 0.1) is 11.3 Å². The second kappa shape index (κ2) is 9.29. The van der Waals surface area contributed by atoms with Gasteiger partial charge in [0, 0.05) is 18.5 Å². The highest BCUT2D eigenvalue weighted by Gasteiger charge is 2.33. The molecule has 1 amide bonds. The molecule has 0 spiro atoms. The summed E-state index contributed by atoms with van der Waals surface area (Å²) in [5.41, 5.74) is 0.915. The van der Waals surface area contributed by atoms with E-state index < -0.39 is 0 Å². The highest BCUT2D eigenvalue weighted by Crippen LogP contribution is 2.27. The van der Waals surface area contributed by atoms with Crippen LogP contribution in [-0.4, -0.2) is 37.0 Å². The molecule has 4 heteroatoms. The number of carbonyl (C=O) groups is 1. The summed E-state index contributed by atoms with van der Waals surface area (Å²) in [4.78, 5) is 14.9. The average molecular weight is 339 g/mol. The summed E-state index contributed by atoms with van der Waals surface area (Å²) in [5, 5.41) is 3.42. The molecular weight excluding hydrogens is 308 g/mol. The quantitative estimate of drug-likeness (QED) is 0.860. The average Bonchev–Trinajstić information content (AvgIpc) is 2.53. The van der Waals surface area contributed by atoms with Gasteiger partial charge in [-0.3, -0.25) is 4.79 Å². The van der Waals surface area contributed by atoms with Gasteiger partial charge >= 0.3 is 0 Å². The predicted molar refractivity (Wildman–Crippen MR) is 99.0 cm³/mol. The SMILES string of the molecule is CCNCC1CCN(C(=O)C(C)(C)Cc2ccccc2)CC1.Cl. The molecule has 0 unspecified atom stereocenters. The highest BCUT2D eigenvalue weighted by atomic mass is 35.5. The predicted octanol–water partition coefficient (Wildman–Crippen LogP) is 3.53. The molecule has 0 bridgehead atoms. The van der Waals surface area contributed by atoms with Crippen molar-refractivity contribution in [1.29, 1.82) is 0 Å². The zero-order valence-electron chi connectivity index (χ0n) is 14.7. The van der Waals surface area contributed by atoms with Crippen molar-refractivity contribution in [3.63, 3.8) is 0 Å². The Morgan fingerprint density at radius 2 is 1.83 bits per heavy atom. The normalized spacial score (nSPS) is 16.0. The second-order valence-electron chi connectivity index (χ2n) is 7.09. The zero-order valence-corrected chi connectivity index (χ0v) is 15.5. The molecule has 1 aromatic carbocycles. The van der Waals surface area contributed by atoms with Gasteiger partial charge in [-0.15, -0.1) is 12.4 Å². The number of rotatable bonds is 6. The van der Waals surface area contributed by atoms with Crippen LogP contribution in [0.25, 0.3) is 0 Å². The lowest BCUT2D eigenvalue weighted by atomic mass is 9.83. The molecule has 1 aliphatic heterocycles. The summed E-state index contributed by atoms with van der Waals surface area (Å²) in [6.07, 6.45) is 3.06. The molecule has 1 heterocycles. The largest absolute Gasteiger partial charge is 0.342 e. The van der Waals surface area contributed by atoms with E-state index in [1.165, 1.54) is 5.56 Å². The Kier molecular flexibility index (Phi) is 8.07. The van der Waals surface area contributed by atoms with Crippen molar-refractivity contribution >= 4 is 18.3 Å². The Hall–Kier alpha value is -1.06. The molecule has 2 rings (SSSR count). The van der Waals surface area contributed by atoms with E-state index in [0.29, 0.717) is 5.91 Å². The van der Waals surface area contributed by atoms with Gasteiger partial charge < -0.3 is 10.2 Å². The third-order valence-corrected chi connectivity index (χ3v) is 4.65. The maximum atomic E-state index is 12.9. The number of hydrogen-bond donors (Lipinski definition) is 1. The number of piperidine rings is 1. The lowest BCUT2D eigenvalue weighted by Crippen LogP contribution is -2.47. The number of halogens is 1. The molecule has 1 aromatic rings. The topological polar surface area (TPSA) is 32.3 Å². The maximum absolute atomic E-state index is 12.9. The zero-order chi connectivity index (χ0) is 16.0. The summed E-state index contributed by atoms with van der Waals surface area (Å²) < 4.78 is 0. The minimum Gasteiger partial charge on any atom is -0.342 e. The molecule has 1 aliphatic rings. The van der Waals surface area contributed by atoms with Gasteiger partial charge in [0.25, 0.3) is 0 Å². The van der Waals surface area contributed by atoms with Gasteiger partial charge in [-0.1, -0.05) is 51.1 Å². The van der Waals surface area contributed by atoms with Crippen molar-refractivity contribution in [1.82, 2.24) is 10.2 Å². The molecule has 0 saturated carbocycles. The van der Waals surface area contributed by atoms with Crippen molar-refractivity contribution in [3.05, 3.63) is 35.9 Å². The van der Waals surface area contributed by atoms with Crippen molar-refractivity contribution in [3.8, 4) is 0 Å². The number of benzene rings is 1. The van der Waals surface area contributed by atoms with Crippen LogP contribution in [0.4, 0.5) is 0 Å². The fourth-order valence-electron chi connectivity index (χ4n) is 3.30. The van der Waals surface area contributed by atoms with E-state index in [-0.39, 0.29) is 17.8 Å². The van der Waals surface area contributed by atoms with E-state index in [1.54, 1.807) is 0 Å². The van der Waals surface area contributed by atoms with E-state index in [2.05, 4.69) is 43.1 Å². The molecule has 130 valence electrons. The number of likely N-dealkylation sites (tertiary alicyclic amines) is 1. The first-order valence-corrected chi connectivity index (χ1v) is 8.57. The van der Waals surface area contributed by atoms with Gasteiger partial charge in [-0.25, -0.2) is 0 Å². The van der Waals surface area contributed by atoms with Crippen LogP contribution < -0.4 is 5.32 Å². The highest BCUT2D eigenvalue weighted by molar-refractivity contribution is 5.85. The Labute approximate surface area is 147 Å². The number of hydrogen-bond acceptors (Lipinski definition) is 2. The van der Waals surface area contributed by atoms with Crippen LogP contribution in [0.15, 0.2) is 30.3 Å². The fraction of sp³-hybridized carbons (Fsp3) is 0.632. The van der Waals surface area contributed by atoms with Gasteiger partial charge in [0.05, 0.1) is 0 Å². The number of carbonyl (C=O) groups excluding carboxylic acids is 1. The lowest BCUT2D eigenvalue weighted by molar-refractivity contribution is -0.141. The van der Waals surface area contributed by atoms with Crippen LogP contribution in [0.1, 0.15) is 39.2 Å². The molecule has 23 heavy (non-hydrogen) atoms. The molecule has 3 nitrogen and oxygen atoms in total. The maximum Gasteiger partial charge on any atom is 0.228 e. The molecule has 0 aromatic heterocycles. The Morgan fingerprint density at radius 3 is 2.39 bits per heavy atom. The molecule has 1 fully saturated rings. The van der Waals surface area contributed by atoms with Crippen molar-refractivity contribution in [2.45, 2.75) is 40.0 Å². The molecular formula is C19H31ClN2O. The summed E-state index contributed by atoms with van der Waals surface area (Å²) in [7, 11) is 0. The summed E-state index contributed by atoms with van der Waals surface area (Å²) in [6, 6.07) is 10.3. The van der Waals surface area contributed by atoms with Gasteiger partial charge in [-0.2, -0.15) is 0 Å². The number of nitrogens with one attached hydrogen (secondary N) is 1. The molecule has 1 saturated heterocycles. The fourth-order valence-corrected chi connectivity index (χ4v) is 3.30. The molecule has 1 N–H and O–H groups in total. The first-order chi connectivity index (χ1) is 10.5. The number of nitrogens with zero attached hydrogens (tertiary/aromatic N) is 1. The standard InChI is InChI=1S/C19H30N2O.ClH/c1-4-20-15-17-10-12-21(13-11-17)18(22)19(2,3)14-16-8-6-5-7-9-16;/h5-9,17,20H,4,10-15H2,1-3H3;1H. The van der Waals surface area contributed by atoms with Gasteiger partial charge in [0.1, 0.15) is 0 Å². The first kappa shape index (κ1) is 20.0. The summed E-state index contributed by atoms with van der Waals surface area (Å²) >= 11 is 0. The van der Waals surface area contributed by atoms with E-state index in [9.17, 15) is 4.79 Å². The van der Waals surface area contributed by atoms with Crippen molar-refractivity contribution in [2.24, 2.45) is 11.3 Å². The van der Waals surface area contributed by atoms with Crippen LogP contribution in [0.5, 0.6) is 0 Å². The van der Waals surface area contributed by atoms with Crippen LogP contribution in [0.3, 0.4) is 0 Å². The number of amides is 1. The van der Waals surface area contributed by atoms with Gasteiger partial charge in [0.15, 0.2) is 0 Å². The van der Waals surface area contributed by atoms with E-state index in [0.717, 1.165) is 51.4 Å². The summed E-state index contributed by atoms with van der Waals surface area (Å²) in [6.45, 7) is 10.2. The minimum absolute atomic E-state index is 0.